The molecule has 1 amide bonds. The van der Waals surface area contributed by atoms with Crippen LogP contribution in [0.4, 0.5) is 10.1 Å². The van der Waals surface area contributed by atoms with Gasteiger partial charge in [0, 0.05) is 11.6 Å². The molecule has 96 valence electrons. The zero-order chi connectivity index (χ0) is 13.1. The number of halogens is 1. The summed E-state index contributed by atoms with van der Waals surface area (Å²) in [6, 6.07) is 5.50. The minimum atomic E-state index is -0.841. The van der Waals surface area contributed by atoms with Crippen LogP contribution in [-0.4, -0.2) is 17.0 Å². The van der Waals surface area contributed by atoms with Crippen LogP contribution in [0, 0.1) is 17.7 Å². The Bertz CT molecular complexity index is 458. The molecule has 2 N–H and O–H groups in total. The monoisotopic (exact) mass is 251 g/mol. The number of hydrogen-bond acceptors (Lipinski definition) is 2. The third-order valence-electron chi connectivity index (χ3n) is 3.26. The Balaban J connectivity index is 1.93. The van der Waals surface area contributed by atoms with E-state index in [0.29, 0.717) is 24.9 Å². The molecule has 4 nitrogen and oxygen atoms in total. The highest BCUT2D eigenvalue weighted by Crippen LogP contribution is 2.31. The Morgan fingerprint density at radius 1 is 1.17 bits per heavy atom. The molecule has 1 aliphatic rings. The molecule has 18 heavy (non-hydrogen) atoms. The lowest BCUT2D eigenvalue weighted by molar-refractivity contribution is -0.141. The van der Waals surface area contributed by atoms with Crippen molar-refractivity contribution in [1.82, 2.24) is 0 Å². The molecular weight excluding hydrogens is 237 g/mol. The van der Waals surface area contributed by atoms with Gasteiger partial charge in [0.25, 0.3) is 0 Å². The topological polar surface area (TPSA) is 66.4 Å². The van der Waals surface area contributed by atoms with Gasteiger partial charge in [-0.1, -0.05) is 0 Å². The summed E-state index contributed by atoms with van der Waals surface area (Å²) in [6.45, 7) is 0. The Morgan fingerprint density at radius 2 is 1.78 bits per heavy atom. The molecule has 1 aromatic carbocycles. The largest absolute Gasteiger partial charge is 0.481 e. The molecule has 0 heterocycles. The number of aliphatic carboxylic acids is 1. The van der Waals surface area contributed by atoms with Gasteiger partial charge in [0.1, 0.15) is 5.82 Å². The molecule has 1 fully saturated rings. The normalized spacial score (nSPS) is 22.7. The summed E-state index contributed by atoms with van der Waals surface area (Å²) >= 11 is 0. The number of carbonyl (C=O) groups is 2. The average Bonchev–Trinajstić information content (AvgIpc) is 2.81. The van der Waals surface area contributed by atoms with Gasteiger partial charge in [0.05, 0.1) is 5.92 Å². The maximum atomic E-state index is 12.7. The molecule has 2 atom stereocenters. The third-order valence-corrected chi connectivity index (χ3v) is 3.26. The fourth-order valence-electron chi connectivity index (χ4n) is 2.22. The lowest BCUT2D eigenvalue weighted by Gasteiger charge is -2.10. The first-order valence-electron chi connectivity index (χ1n) is 5.85. The highest BCUT2D eigenvalue weighted by atomic mass is 19.1. The van der Waals surface area contributed by atoms with Gasteiger partial charge in [-0.2, -0.15) is 0 Å². The van der Waals surface area contributed by atoms with Crippen molar-refractivity contribution in [2.75, 3.05) is 5.32 Å². The Hall–Kier alpha value is -1.91. The third kappa shape index (κ3) is 2.85. The Labute approximate surface area is 104 Å². The van der Waals surface area contributed by atoms with E-state index in [1.54, 1.807) is 0 Å². The van der Waals surface area contributed by atoms with Crippen molar-refractivity contribution in [3.8, 4) is 0 Å². The summed E-state index contributed by atoms with van der Waals surface area (Å²) in [5.41, 5.74) is 0.528. The van der Waals surface area contributed by atoms with Crippen LogP contribution in [0.15, 0.2) is 24.3 Å². The minimum Gasteiger partial charge on any atom is -0.481 e. The van der Waals surface area contributed by atoms with Crippen LogP contribution in [0.1, 0.15) is 19.3 Å². The summed E-state index contributed by atoms with van der Waals surface area (Å²) in [5.74, 6) is -2.08. The Morgan fingerprint density at radius 3 is 2.33 bits per heavy atom. The zero-order valence-electron chi connectivity index (χ0n) is 9.73. The van der Waals surface area contributed by atoms with E-state index in [1.807, 2.05) is 0 Å². The van der Waals surface area contributed by atoms with Crippen molar-refractivity contribution in [1.29, 1.82) is 0 Å². The lowest BCUT2D eigenvalue weighted by atomic mass is 10.0. The number of carbonyl (C=O) groups excluding carboxylic acids is 1. The van der Waals surface area contributed by atoms with Crippen LogP contribution in [0.3, 0.4) is 0 Å². The van der Waals surface area contributed by atoms with Gasteiger partial charge in [0.2, 0.25) is 5.91 Å². The molecule has 1 aliphatic carbocycles. The predicted octanol–water partition coefficient (Wildman–Crippen LogP) is 2.27. The van der Waals surface area contributed by atoms with Gasteiger partial charge in [-0.05, 0) is 43.5 Å². The van der Waals surface area contributed by atoms with Gasteiger partial charge < -0.3 is 10.4 Å². The van der Waals surface area contributed by atoms with Gasteiger partial charge in [-0.15, -0.1) is 0 Å². The fourth-order valence-corrected chi connectivity index (χ4v) is 2.22. The molecule has 0 unspecified atom stereocenters. The molecule has 0 spiro atoms. The van der Waals surface area contributed by atoms with Crippen molar-refractivity contribution < 1.29 is 19.1 Å². The maximum absolute atomic E-state index is 12.7. The van der Waals surface area contributed by atoms with E-state index in [-0.39, 0.29) is 17.6 Å². The molecule has 0 radical (unpaired) electrons. The number of rotatable bonds is 3. The van der Waals surface area contributed by atoms with Gasteiger partial charge >= 0.3 is 5.97 Å². The number of nitrogens with one attached hydrogen (secondary N) is 1. The Kier molecular flexibility index (Phi) is 3.60. The van der Waals surface area contributed by atoms with Gasteiger partial charge in [-0.3, -0.25) is 9.59 Å². The van der Waals surface area contributed by atoms with E-state index in [4.69, 9.17) is 5.11 Å². The van der Waals surface area contributed by atoms with Crippen LogP contribution in [0.25, 0.3) is 0 Å². The summed E-state index contributed by atoms with van der Waals surface area (Å²) < 4.78 is 12.7. The van der Waals surface area contributed by atoms with Gasteiger partial charge in [-0.25, -0.2) is 4.39 Å². The van der Waals surface area contributed by atoms with E-state index in [9.17, 15) is 14.0 Å². The molecule has 5 heteroatoms. The standard InChI is InChI=1S/C13H14FNO3/c14-10-3-5-11(6-4-10)15-12(16)8-1-2-9(7-8)13(17)18/h3-6,8-9H,1-2,7H2,(H,15,16)(H,17,18)/t8-,9+/m1/s1. The quantitative estimate of drug-likeness (QED) is 0.866. The second-order valence-electron chi connectivity index (χ2n) is 4.54. The zero-order valence-corrected chi connectivity index (χ0v) is 9.73. The summed E-state index contributed by atoms with van der Waals surface area (Å²) in [4.78, 5) is 22.7. The molecule has 0 aromatic heterocycles. The smallest absolute Gasteiger partial charge is 0.306 e. The van der Waals surface area contributed by atoms with Crippen LogP contribution < -0.4 is 5.32 Å². The summed E-state index contributed by atoms with van der Waals surface area (Å²) in [6.07, 6.45) is 1.50. The van der Waals surface area contributed by atoms with Crippen LogP contribution >= 0.6 is 0 Å². The van der Waals surface area contributed by atoms with E-state index < -0.39 is 11.9 Å². The molecule has 2 rings (SSSR count). The van der Waals surface area contributed by atoms with Crippen molar-refractivity contribution in [2.45, 2.75) is 19.3 Å². The number of benzene rings is 1. The van der Waals surface area contributed by atoms with Crippen LogP contribution in [0.5, 0.6) is 0 Å². The second kappa shape index (κ2) is 5.16. The molecule has 0 saturated heterocycles. The number of amides is 1. The fraction of sp³-hybridized carbons (Fsp3) is 0.385. The van der Waals surface area contributed by atoms with E-state index >= 15 is 0 Å². The number of anilines is 1. The summed E-state index contributed by atoms with van der Waals surface area (Å²) in [5, 5.41) is 11.5. The van der Waals surface area contributed by atoms with Crippen LogP contribution in [0.2, 0.25) is 0 Å². The van der Waals surface area contributed by atoms with Crippen LogP contribution in [-0.2, 0) is 9.59 Å². The van der Waals surface area contributed by atoms with Crippen molar-refractivity contribution in [3.63, 3.8) is 0 Å². The van der Waals surface area contributed by atoms with E-state index in [0.717, 1.165) is 0 Å². The van der Waals surface area contributed by atoms with E-state index in [1.165, 1.54) is 24.3 Å². The number of carboxylic acids is 1. The minimum absolute atomic E-state index is 0.189. The molecule has 0 aliphatic heterocycles. The molecular formula is C13H14FNO3. The molecule has 1 aromatic rings. The predicted molar refractivity (Wildman–Crippen MR) is 63.5 cm³/mol. The first kappa shape index (κ1) is 12.5. The number of hydrogen-bond donors (Lipinski definition) is 2. The highest BCUT2D eigenvalue weighted by Gasteiger charge is 2.33. The maximum Gasteiger partial charge on any atom is 0.306 e. The van der Waals surface area contributed by atoms with Gasteiger partial charge in [0.15, 0.2) is 0 Å². The molecule has 1 saturated carbocycles. The highest BCUT2D eigenvalue weighted by molar-refractivity contribution is 5.93. The van der Waals surface area contributed by atoms with Crippen molar-refractivity contribution in [2.24, 2.45) is 11.8 Å². The molecule has 0 bridgehead atoms. The van der Waals surface area contributed by atoms with E-state index in [2.05, 4.69) is 5.32 Å². The van der Waals surface area contributed by atoms with Crippen molar-refractivity contribution in [3.05, 3.63) is 30.1 Å². The first-order chi connectivity index (χ1) is 8.56. The lowest BCUT2D eigenvalue weighted by Crippen LogP contribution is -2.21. The second-order valence-corrected chi connectivity index (χ2v) is 4.54. The average molecular weight is 251 g/mol. The summed E-state index contributed by atoms with van der Waals surface area (Å²) in [7, 11) is 0. The SMILES string of the molecule is O=C(O)[C@H]1CC[C@@H](C(=O)Nc2ccc(F)cc2)C1. The number of carboxylic acid groups (broad SMARTS) is 1. The first-order valence-corrected chi connectivity index (χ1v) is 5.85. The van der Waals surface area contributed by atoms with Crippen molar-refractivity contribution >= 4 is 17.6 Å².